The third kappa shape index (κ3) is 9.20. The second-order valence-electron chi connectivity index (χ2n) is 25.4. The SMILES string of the molecule is CC1(C)CC[C@]2(CO)[C@H](O)C[C@]3(C)C(=CC[C@@H]4[C@@]5(C)CC[C@H](O[C@@H]6OC[C@H](O[C@@H]7O[C@H](CO)[C@@H](O)[C@H](O)[C@H]7O[C@@H]7OC[C@H](O)[C@H](O)[C@H]7O)[C@H](O)[C@H]6O[C@@H]6O[C@H](CO)[C@@H](O)[C@H](O)[C@H]6O)[C@@](C)(CO)[C@@H]5CC[C@]43C)[C@@H]2C1. The van der Waals surface area contributed by atoms with Gasteiger partial charge in [-0.1, -0.05) is 53.2 Å². The highest BCUT2D eigenvalue weighted by Crippen LogP contribution is 2.76. The zero-order valence-corrected chi connectivity index (χ0v) is 43.5. The van der Waals surface area contributed by atoms with Gasteiger partial charge in [-0.05, 0) is 97.2 Å². The molecule has 74 heavy (non-hydrogen) atoms. The molecule has 0 aromatic rings. The van der Waals surface area contributed by atoms with Crippen LogP contribution in [0, 0.1) is 50.2 Å². The molecule has 0 aromatic carbocycles. The molecule has 9 aliphatic rings. The van der Waals surface area contributed by atoms with Crippen LogP contribution in [0.5, 0.6) is 0 Å². The van der Waals surface area contributed by atoms with Gasteiger partial charge >= 0.3 is 0 Å². The molecule has 0 spiro atoms. The van der Waals surface area contributed by atoms with Gasteiger partial charge in [-0.3, -0.25) is 0 Å². The van der Waals surface area contributed by atoms with Gasteiger partial charge < -0.3 is 109 Å². The molecule has 4 aliphatic heterocycles. The van der Waals surface area contributed by atoms with Crippen LogP contribution in [-0.2, 0) is 37.9 Å². The molecule has 0 aromatic heterocycles. The van der Waals surface area contributed by atoms with Gasteiger partial charge in [0.15, 0.2) is 25.2 Å². The first-order valence-corrected chi connectivity index (χ1v) is 26.9. The molecule has 5 aliphatic carbocycles. The van der Waals surface area contributed by atoms with Gasteiger partial charge in [-0.25, -0.2) is 0 Å². The summed E-state index contributed by atoms with van der Waals surface area (Å²) in [4.78, 5) is 0. The maximum atomic E-state index is 12.3. The fourth-order valence-electron chi connectivity index (χ4n) is 16.1. The van der Waals surface area contributed by atoms with E-state index in [1.807, 2.05) is 6.92 Å². The van der Waals surface area contributed by atoms with Gasteiger partial charge in [0, 0.05) is 10.8 Å². The van der Waals surface area contributed by atoms with Crippen molar-refractivity contribution in [2.24, 2.45) is 50.2 Å². The number of aliphatic hydroxyl groups excluding tert-OH is 14. The molecular formula is C52H86O22. The Morgan fingerprint density at radius 2 is 1.18 bits per heavy atom. The summed E-state index contributed by atoms with van der Waals surface area (Å²) in [7, 11) is 0. The number of aliphatic hydroxyl groups is 14. The van der Waals surface area contributed by atoms with E-state index in [4.69, 9.17) is 37.9 Å². The number of hydrogen-bond donors (Lipinski definition) is 14. The summed E-state index contributed by atoms with van der Waals surface area (Å²) >= 11 is 0. The van der Waals surface area contributed by atoms with Crippen LogP contribution in [0.1, 0.15) is 99.3 Å². The minimum Gasteiger partial charge on any atom is -0.396 e. The Labute approximate surface area is 432 Å². The highest BCUT2D eigenvalue weighted by molar-refractivity contribution is 5.35. The van der Waals surface area contributed by atoms with E-state index in [0.717, 1.165) is 38.5 Å². The Balaban J connectivity index is 0.984. The van der Waals surface area contributed by atoms with Crippen LogP contribution < -0.4 is 0 Å². The van der Waals surface area contributed by atoms with Gasteiger partial charge in [0.25, 0.3) is 0 Å². The smallest absolute Gasteiger partial charge is 0.187 e. The van der Waals surface area contributed by atoms with Crippen molar-refractivity contribution in [2.45, 2.75) is 222 Å². The summed E-state index contributed by atoms with van der Waals surface area (Å²) in [5.74, 6) is 0.102. The molecule has 426 valence electrons. The highest BCUT2D eigenvalue weighted by Gasteiger charge is 2.71. The normalized spacial score (nSPS) is 55.5. The van der Waals surface area contributed by atoms with Gasteiger partial charge in [0.2, 0.25) is 0 Å². The van der Waals surface area contributed by atoms with Crippen molar-refractivity contribution in [2.75, 3.05) is 39.6 Å². The lowest BCUT2D eigenvalue weighted by Crippen LogP contribution is -2.68. The fourth-order valence-corrected chi connectivity index (χ4v) is 16.1. The second kappa shape index (κ2) is 21.1. The van der Waals surface area contributed by atoms with Crippen LogP contribution in [0.3, 0.4) is 0 Å². The van der Waals surface area contributed by atoms with Crippen LogP contribution in [-0.4, -0.2) is 234 Å². The molecule has 0 bridgehead atoms. The summed E-state index contributed by atoms with van der Waals surface area (Å²) < 4.78 is 48.5. The summed E-state index contributed by atoms with van der Waals surface area (Å²) in [6.07, 6.45) is -22.9. The Kier molecular flexibility index (Phi) is 16.4. The Hall–Kier alpha value is -1.14. The second-order valence-corrected chi connectivity index (χ2v) is 25.4. The van der Waals surface area contributed by atoms with Crippen LogP contribution in [0.25, 0.3) is 0 Å². The number of rotatable bonds is 12. The summed E-state index contributed by atoms with van der Waals surface area (Å²) in [6, 6.07) is 0. The quantitative estimate of drug-likeness (QED) is 0.0719. The van der Waals surface area contributed by atoms with Crippen molar-refractivity contribution < 1.29 is 109 Å². The minimum absolute atomic E-state index is 0.0482. The third-order valence-electron chi connectivity index (χ3n) is 21.0. The monoisotopic (exact) mass is 1060 g/mol. The lowest BCUT2D eigenvalue weighted by Gasteiger charge is -2.72. The lowest BCUT2D eigenvalue weighted by atomic mass is 9.33. The predicted octanol–water partition coefficient (Wildman–Crippen LogP) is -2.34. The van der Waals surface area contributed by atoms with E-state index < -0.39 is 160 Å². The van der Waals surface area contributed by atoms with E-state index in [2.05, 4.69) is 40.7 Å². The number of ether oxygens (including phenoxy) is 8. The highest BCUT2D eigenvalue weighted by atomic mass is 16.8. The number of fused-ring (bicyclic) bond motifs is 7. The van der Waals surface area contributed by atoms with E-state index in [-0.39, 0.29) is 52.6 Å². The van der Waals surface area contributed by atoms with Crippen LogP contribution in [0.4, 0.5) is 0 Å². The van der Waals surface area contributed by atoms with Gasteiger partial charge in [0.1, 0.15) is 85.5 Å². The molecule has 4 saturated carbocycles. The van der Waals surface area contributed by atoms with Crippen molar-refractivity contribution in [3.05, 3.63) is 11.6 Å². The molecule has 0 radical (unpaired) electrons. The number of hydrogen-bond acceptors (Lipinski definition) is 22. The topological polar surface area (TPSA) is 357 Å². The van der Waals surface area contributed by atoms with E-state index in [9.17, 15) is 71.5 Å². The summed E-state index contributed by atoms with van der Waals surface area (Å²) in [5, 5.41) is 153. The van der Waals surface area contributed by atoms with Crippen molar-refractivity contribution in [3.8, 4) is 0 Å². The Morgan fingerprint density at radius 1 is 0.554 bits per heavy atom. The van der Waals surface area contributed by atoms with E-state index in [1.54, 1.807) is 0 Å². The fraction of sp³-hybridized carbons (Fsp3) is 0.962. The molecule has 9 rings (SSSR count). The Morgan fingerprint density at radius 3 is 1.84 bits per heavy atom. The van der Waals surface area contributed by atoms with E-state index in [1.165, 1.54) is 5.57 Å². The first-order chi connectivity index (χ1) is 34.8. The molecule has 4 saturated heterocycles. The molecule has 14 N–H and O–H groups in total. The molecule has 0 unspecified atom stereocenters. The predicted molar refractivity (Wildman–Crippen MR) is 253 cm³/mol. The zero-order valence-electron chi connectivity index (χ0n) is 43.5. The van der Waals surface area contributed by atoms with Crippen molar-refractivity contribution >= 4 is 0 Å². The lowest BCUT2D eigenvalue weighted by molar-refractivity contribution is -0.392. The average Bonchev–Trinajstić information content (AvgIpc) is 3.36. The van der Waals surface area contributed by atoms with Crippen molar-refractivity contribution in [1.29, 1.82) is 0 Å². The standard InChI is InChI=1S/C52H86O22/c1-47(2)13-14-52(22-56)24(15-47)23-7-8-30-48(3)11-10-32(49(4,21-55)29(48)9-12-50(30,5)51(23,6)16-31(52)58)72-45-41(74-44-40(66)37(63)34(60)26(17-53)69-44)36(62)28(20-68-45)71-46-42(38(64)35(61)27(18-54)70-46)73-43-39(65)33(59)25(57)19-67-43/h7,24-46,53-66H,8-22H2,1-6H3/t24-,25-,26+,27+,28-,29+,30+,31+,32-,33-,34+,35+,36-,37-,38-,39+,40+,41+,42+,43-,44-,45-,46-,48-,49-,50+,51+,52+/m0/s1. The van der Waals surface area contributed by atoms with Gasteiger partial charge in [-0.15, -0.1) is 0 Å². The molecular weight excluding hydrogens is 977 g/mol. The molecule has 0 amide bonds. The number of allylic oxidation sites excluding steroid dienone is 2. The van der Waals surface area contributed by atoms with Crippen LogP contribution in [0.15, 0.2) is 11.6 Å². The summed E-state index contributed by atoms with van der Waals surface area (Å²) in [6.45, 7) is 10.7. The summed E-state index contributed by atoms with van der Waals surface area (Å²) in [5.41, 5.74) is -0.985. The van der Waals surface area contributed by atoms with Crippen molar-refractivity contribution in [1.82, 2.24) is 0 Å². The minimum atomic E-state index is -1.92. The molecule has 22 nitrogen and oxygen atoms in total. The first-order valence-electron chi connectivity index (χ1n) is 26.9. The Bertz CT molecular complexity index is 1980. The van der Waals surface area contributed by atoms with Crippen LogP contribution in [0.2, 0.25) is 0 Å². The maximum absolute atomic E-state index is 12.3. The van der Waals surface area contributed by atoms with Gasteiger partial charge in [0.05, 0.1) is 51.8 Å². The first kappa shape index (κ1) is 57.5. The van der Waals surface area contributed by atoms with Crippen LogP contribution >= 0.6 is 0 Å². The van der Waals surface area contributed by atoms with Gasteiger partial charge in [-0.2, -0.15) is 0 Å². The van der Waals surface area contributed by atoms with E-state index >= 15 is 0 Å². The average molecular weight is 1060 g/mol. The van der Waals surface area contributed by atoms with E-state index in [0.29, 0.717) is 19.3 Å². The molecule has 4 heterocycles. The largest absolute Gasteiger partial charge is 0.396 e. The molecule has 8 fully saturated rings. The van der Waals surface area contributed by atoms with Crippen molar-refractivity contribution in [3.63, 3.8) is 0 Å². The molecule has 22 heteroatoms. The zero-order chi connectivity index (χ0) is 53.8. The molecule has 28 atom stereocenters. The third-order valence-corrected chi connectivity index (χ3v) is 21.0. The maximum Gasteiger partial charge on any atom is 0.187 e.